The fourth-order valence-corrected chi connectivity index (χ4v) is 2.47. The summed E-state index contributed by atoms with van der Waals surface area (Å²) in [4.78, 5) is 14.8. The monoisotopic (exact) mass is 338 g/mol. The second-order valence-electron chi connectivity index (χ2n) is 5.77. The molecule has 0 amide bonds. The van der Waals surface area contributed by atoms with Gasteiger partial charge in [-0.15, -0.1) is 0 Å². The standard InChI is InChI=1S/C17H22N8/c1-24(13-14-7-3-2-4-8-14)11-5-9-19-16-21-15(18)22-17(23-16)25-12-6-10-20-25/h2-4,6-8,10,12H,5,9,11,13H2,1H3,(H3,18,19,21,22,23). The molecule has 0 saturated heterocycles. The number of hydrogen-bond donors (Lipinski definition) is 2. The van der Waals surface area contributed by atoms with Gasteiger partial charge < -0.3 is 16.0 Å². The third kappa shape index (κ3) is 4.98. The van der Waals surface area contributed by atoms with Gasteiger partial charge in [-0.1, -0.05) is 30.3 Å². The first-order chi connectivity index (χ1) is 12.2. The summed E-state index contributed by atoms with van der Waals surface area (Å²) in [6.45, 7) is 2.65. The van der Waals surface area contributed by atoms with Crippen molar-refractivity contribution in [2.45, 2.75) is 13.0 Å². The van der Waals surface area contributed by atoms with Gasteiger partial charge in [0.15, 0.2) is 0 Å². The molecule has 130 valence electrons. The van der Waals surface area contributed by atoms with Crippen LogP contribution in [0.15, 0.2) is 48.8 Å². The first kappa shape index (κ1) is 16.8. The Labute approximate surface area is 146 Å². The minimum Gasteiger partial charge on any atom is -0.368 e. The topological polar surface area (TPSA) is 97.8 Å². The lowest BCUT2D eigenvalue weighted by molar-refractivity contribution is 0.325. The van der Waals surface area contributed by atoms with Gasteiger partial charge in [-0.3, -0.25) is 0 Å². The quantitative estimate of drug-likeness (QED) is 0.602. The van der Waals surface area contributed by atoms with E-state index in [9.17, 15) is 0 Å². The molecule has 8 heteroatoms. The Morgan fingerprint density at radius 1 is 1.12 bits per heavy atom. The maximum atomic E-state index is 5.75. The molecule has 0 radical (unpaired) electrons. The van der Waals surface area contributed by atoms with Crippen molar-refractivity contribution in [2.24, 2.45) is 0 Å². The summed E-state index contributed by atoms with van der Waals surface area (Å²) in [5.74, 6) is 1.04. The maximum absolute atomic E-state index is 5.75. The molecule has 1 aromatic carbocycles. The van der Waals surface area contributed by atoms with E-state index in [1.54, 1.807) is 23.1 Å². The molecule has 0 saturated carbocycles. The largest absolute Gasteiger partial charge is 0.368 e. The molecular formula is C17H22N8. The van der Waals surface area contributed by atoms with Crippen molar-refractivity contribution in [1.82, 2.24) is 29.6 Å². The highest BCUT2D eigenvalue weighted by atomic mass is 15.4. The Hall–Kier alpha value is -3.00. The van der Waals surface area contributed by atoms with Crippen LogP contribution in [0.2, 0.25) is 0 Å². The summed E-state index contributed by atoms with van der Waals surface area (Å²) in [6.07, 6.45) is 4.39. The van der Waals surface area contributed by atoms with Gasteiger partial charge in [-0.2, -0.15) is 20.1 Å². The van der Waals surface area contributed by atoms with Crippen LogP contribution in [0.1, 0.15) is 12.0 Å². The van der Waals surface area contributed by atoms with Crippen LogP contribution in [0.25, 0.3) is 5.95 Å². The van der Waals surface area contributed by atoms with Gasteiger partial charge >= 0.3 is 0 Å². The molecule has 2 heterocycles. The van der Waals surface area contributed by atoms with Crippen molar-refractivity contribution in [3.8, 4) is 5.95 Å². The smallest absolute Gasteiger partial charge is 0.257 e. The van der Waals surface area contributed by atoms with Gasteiger partial charge in [0.25, 0.3) is 5.95 Å². The van der Waals surface area contributed by atoms with E-state index in [1.807, 2.05) is 6.07 Å². The number of hydrogen-bond acceptors (Lipinski definition) is 7. The highest BCUT2D eigenvalue weighted by Crippen LogP contribution is 2.07. The highest BCUT2D eigenvalue weighted by Gasteiger charge is 2.06. The lowest BCUT2D eigenvalue weighted by Gasteiger charge is -2.16. The van der Waals surface area contributed by atoms with Gasteiger partial charge in [-0.25, -0.2) is 4.68 Å². The van der Waals surface area contributed by atoms with E-state index in [2.05, 4.69) is 61.6 Å². The summed E-state index contributed by atoms with van der Waals surface area (Å²) in [7, 11) is 2.11. The molecule has 8 nitrogen and oxygen atoms in total. The van der Waals surface area contributed by atoms with Gasteiger partial charge in [-0.05, 0) is 31.6 Å². The zero-order chi connectivity index (χ0) is 17.5. The molecule has 3 N–H and O–H groups in total. The summed E-state index contributed by atoms with van der Waals surface area (Å²) >= 11 is 0. The van der Waals surface area contributed by atoms with E-state index < -0.39 is 0 Å². The van der Waals surface area contributed by atoms with Crippen molar-refractivity contribution >= 4 is 11.9 Å². The molecule has 0 bridgehead atoms. The molecule has 0 fully saturated rings. The predicted molar refractivity (Wildman–Crippen MR) is 97.2 cm³/mol. The van der Waals surface area contributed by atoms with Crippen LogP contribution in [0.4, 0.5) is 11.9 Å². The molecule has 0 aliphatic heterocycles. The second kappa shape index (κ2) is 8.20. The van der Waals surface area contributed by atoms with Crippen molar-refractivity contribution in [2.75, 3.05) is 31.2 Å². The van der Waals surface area contributed by atoms with Gasteiger partial charge in [0, 0.05) is 25.5 Å². The predicted octanol–water partition coefficient (Wildman–Crippen LogP) is 1.57. The number of nitrogens with one attached hydrogen (secondary N) is 1. The molecule has 0 aliphatic carbocycles. The number of nitrogens with zero attached hydrogens (tertiary/aromatic N) is 6. The van der Waals surface area contributed by atoms with Crippen molar-refractivity contribution in [1.29, 1.82) is 0 Å². The lowest BCUT2D eigenvalue weighted by Crippen LogP contribution is -2.21. The Bertz CT molecular complexity index is 773. The van der Waals surface area contributed by atoms with Crippen LogP contribution in [0, 0.1) is 0 Å². The Morgan fingerprint density at radius 2 is 1.96 bits per heavy atom. The minimum atomic E-state index is 0.171. The fourth-order valence-electron chi connectivity index (χ4n) is 2.47. The van der Waals surface area contributed by atoms with E-state index >= 15 is 0 Å². The highest BCUT2D eigenvalue weighted by molar-refractivity contribution is 5.34. The molecule has 0 spiro atoms. The zero-order valence-electron chi connectivity index (χ0n) is 14.2. The fraction of sp³-hybridized carbons (Fsp3) is 0.294. The molecule has 3 rings (SSSR count). The van der Waals surface area contributed by atoms with Gasteiger partial charge in [0.05, 0.1) is 0 Å². The molecule has 0 atom stereocenters. The van der Waals surface area contributed by atoms with Crippen LogP contribution in [0.3, 0.4) is 0 Å². The van der Waals surface area contributed by atoms with Crippen LogP contribution >= 0.6 is 0 Å². The first-order valence-electron chi connectivity index (χ1n) is 8.18. The van der Waals surface area contributed by atoms with Crippen LogP contribution < -0.4 is 11.1 Å². The number of benzene rings is 1. The second-order valence-corrected chi connectivity index (χ2v) is 5.77. The molecule has 3 aromatic rings. The van der Waals surface area contributed by atoms with E-state index in [-0.39, 0.29) is 5.95 Å². The summed E-state index contributed by atoms with van der Waals surface area (Å²) in [6, 6.07) is 12.2. The minimum absolute atomic E-state index is 0.171. The van der Waals surface area contributed by atoms with Gasteiger partial charge in [0.1, 0.15) is 0 Å². The van der Waals surface area contributed by atoms with Crippen LogP contribution in [0.5, 0.6) is 0 Å². The first-order valence-corrected chi connectivity index (χ1v) is 8.18. The van der Waals surface area contributed by atoms with Crippen LogP contribution in [-0.2, 0) is 6.54 Å². The van der Waals surface area contributed by atoms with Gasteiger partial charge in [0.2, 0.25) is 11.9 Å². The third-order valence-corrected chi connectivity index (χ3v) is 3.65. The normalized spacial score (nSPS) is 11.0. The third-order valence-electron chi connectivity index (χ3n) is 3.65. The van der Waals surface area contributed by atoms with Crippen LogP contribution in [-0.4, -0.2) is 49.8 Å². The molecule has 2 aromatic heterocycles. The van der Waals surface area contributed by atoms with Crippen molar-refractivity contribution in [3.05, 3.63) is 54.4 Å². The van der Waals surface area contributed by atoms with E-state index in [0.29, 0.717) is 11.9 Å². The molecular weight excluding hydrogens is 316 g/mol. The molecule has 25 heavy (non-hydrogen) atoms. The lowest BCUT2D eigenvalue weighted by atomic mass is 10.2. The average molecular weight is 338 g/mol. The zero-order valence-corrected chi connectivity index (χ0v) is 14.2. The number of aromatic nitrogens is 5. The summed E-state index contributed by atoms with van der Waals surface area (Å²) in [5.41, 5.74) is 7.06. The number of anilines is 2. The molecule has 0 aliphatic rings. The summed E-state index contributed by atoms with van der Waals surface area (Å²) < 4.78 is 1.55. The van der Waals surface area contributed by atoms with E-state index in [1.165, 1.54) is 5.56 Å². The molecule has 0 unspecified atom stereocenters. The number of rotatable bonds is 8. The average Bonchev–Trinajstić information content (AvgIpc) is 3.14. The Kier molecular flexibility index (Phi) is 5.53. The van der Waals surface area contributed by atoms with E-state index in [0.717, 1.165) is 26.1 Å². The Morgan fingerprint density at radius 3 is 2.72 bits per heavy atom. The van der Waals surface area contributed by atoms with E-state index in [4.69, 9.17) is 5.73 Å². The van der Waals surface area contributed by atoms with Crippen molar-refractivity contribution < 1.29 is 0 Å². The number of nitrogen functional groups attached to an aromatic ring is 1. The number of nitrogens with two attached hydrogens (primary N) is 1. The SMILES string of the molecule is CN(CCCNc1nc(N)nc(-n2cccn2)n1)Cc1ccccc1. The van der Waals surface area contributed by atoms with Crippen molar-refractivity contribution in [3.63, 3.8) is 0 Å². The summed E-state index contributed by atoms with van der Waals surface area (Å²) in [5, 5.41) is 7.30. The Balaban J connectivity index is 1.47. The maximum Gasteiger partial charge on any atom is 0.257 e.